The molecule has 0 atom stereocenters. The topological polar surface area (TPSA) is 42.2 Å². The number of nitrogens with zero attached hydrogens (tertiary/aromatic N) is 1. The molecule has 0 spiro atoms. The zero-order chi connectivity index (χ0) is 17.9. The maximum absolute atomic E-state index is 12.8. The summed E-state index contributed by atoms with van der Waals surface area (Å²) < 4.78 is 74.4. The predicted octanol–water partition coefficient (Wildman–Crippen LogP) is 5.32. The molecule has 2 rings (SSSR count). The molecule has 0 aromatic heterocycles. The maximum Gasteiger partial charge on any atom is 0.416 e. The zero-order valence-corrected chi connectivity index (χ0v) is 12.2. The van der Waals surface area contributed by atoms with E-state index in [9.17, 15) is 22.0 Å². The Bertz CT molecular complexity index is 781. The number of ether oxygens (including phenoxy) is 2. The summed E-state index contributed by atoms with van der Waals surface area (Å²) in [4.78, 5) is 0. The van der Waals surface area contributed by atoms with Gasteiger partial charge in [0.1, 0.15) is 5.75 Å². The molecular formula is C16H10F5NO2. The van der Waals surface area contributed by atoms with Crippen LogP contribution in [0.2, 0.25) is 0 Å². The standard InChI is InChI=1S/C16H10F5NO2/c1-23-14-4-9(8-22)2-3-13(14)24-12-6-10(15(17)18)5-11(7-12)16(19,20)21/h2-7,15H,1H3. The average molecular weight is 343 g/mol. The van der Waals surface area contributed by atoms with Gasteiger partial charge in [-0.25, -0.2) is 8.78 Å². The first-order chi connectivity index (χ1) is 11.2. The predicted molar refractivity (Wildman–Crippen MR) is 74.2 cm³/mol. The molecule has 0 saturated heterocycles. The number of methoxy groups -OCH3 is 1. The highest BCUT2D eigenvalue weighted by Crippen LogP contribution is 2.38. The molecule has 0 fully saturated rings. The minimum atomic E-state index is -4.79. The van der Waals surface area contributed by atoms with Crippen molar-refractivity contribution in [2.24, 2.45) is 0 Å². The van der Waals surface area contributed by atoms with Crippen LogP contribution in [0.5, 0.6) is 17.2 Å². The summed E-state index contributed by atoms with van der Waals surface area (Å²) in [6.45, 7) is 0. The maximum atomic E-state index is 12.8. The average Bonchev–Trinajstić information content (AvgIpc) is 2.54. The highest BCUT2D eigenvalue weighted by Gasteiger charge is 2.32. The van der Waals surface area contributed by atoms with Crippen LogP contribution < -0.4 is 9.47 Å². The molecule has 2 aromatic carbocycles. The monoisotopic (exact) mass is 343 g/mol. The summed E-state index contributed by atoms with van der Waals surface area (Å²) in [6, 6.07) is 7.64. The van der Waals surface area contributed by atoms with Gasteiger partial charge in [0.25, 0.3) is 6.43 Å². The van der Waals surface area contributed by atoms with Gasteiger partial charge in [-0.3, -0.25) is 0 Å². The van der Waals surface area contributed by atoms with Crippen molar-refractivity contribution in [2.75, 3.05) is 7.11 Å². The summed E-state index contributed by atoms with van der Waals surface area (Å²) in [5, 5.41) is 8.81. The first kappa shape index (κ1) is 17.5. The fraction of sp³-hybridized carbons (Fsp3) is 0.188. The van der Waals surface area contributed by atoms with Crippen LogP contribution in [0.25, 0.3) is 0 Å². The van der Waals surface area contributed by atoms with Crippen molar-refractivity contribution >= 4 is 0 Å². The van der Waals surface area contributed by atoms with Gasteiger partial charge in [-0.05, 0) is 30.3 Å². The lowest BCUT2D eigenvalue weighted by molar-refractivity contribution is -0.137. The molecule has 8 heteroatoms. The van der Waals surface area contributed by atoms with E-state index < -0.39 is 29.5 Å². The van der Waals surface area contributed by atoms with Gasteiger partial charge in [0.2, 0.25) is 0 Å². The molecule has 0 radical (unpaired) electrons. The normalized spacial score (nSPS) is 11.2. The third-order valence-electron chi connectivity index (χ3n) is 3.03. The number of hydrogen-bond acceptors (Lipinski definition) is 3. The van der Waals surface area contributed by atoms with E-state index in [0.29, 0.717) is 12.1 Å². The highest BCUT2D eigenvalue weighted by atomic mass is 19.4. The molecule has 126 valence electrons. The summed E-state index contributed by atoms with van der Waals surface area (Å²) in [6.07, 6.45) is -7.88. The Morgan fingerprint density at radius 1 is 1.04 bits per heavy atom. The van der Waals surface area contributed by atoms with E-state index >= 15 is 0 Å². The van der Waals surface area contributed by atoms with Crippen molar-refractivity contribution in [3.8, 4) is 23.3 Å². The van der Waals surface area contributed by atoms with Gasteiger partial charge in [0.05, 0.1) is 24.3 Å². The molecule has 0 aliphatic rings. The Kier molecular flexibility index (Phi) is 4.93. The minimum Gasteiger partial charge on any atom is -0.493 e. The van der Waals surface area contributed by atoms with Crippen LogP contribution in [0.1, 0.15) is 23.1 Å². The molecule has 0 aliphatic carbocycles. The third-order valence-corrected chi connectivity index (χ3v) is 3.03. The number of nitriles is 1. The van der Waals surface area contributed by atoms with Crippen LogP contribution in [0.15, 0.2) is 36.4 Å². The van der Waals surface area contributed by atoms with Gasteiger partial charge in [0, 0.05) is 11.6 Å². The lowest BCUT2D eigenvalue weighted by Crippen LogP contribution is -2.06. The second-order valence-electron chi connectivity index (χ2n) is 4.67. The summed E-state index contributed by atoms with van der Waals surface area (Å²) in [5.41, 5.74) is -1.81. The Morgan fingerprint density at radius 2 is 1.75 bits per heavy atom. The SMILES string of the molecule is COc1cc(C#N)ccc1Oc1cc(C(F)F)cc(C(F)(F)F)c1. The first-order valence-electron chi connectivity index (χ1n) is 6.51. The smallest absolute Gasteiger partial charge is 0.416 e. The molecule has 0 saturated carbocycles. The Labute approximate surface area is 133 Å². The van der Waals surface area contributed by atoms with Crippen LogP contribution in [0, 0.1) is 11.3 Å². The van der Waals surface area contributed by atoms with Crippen LogP contribution in [-0.4, -0.2) is 7.11 Å². The summed E-state index contributed by atoms with van der Waals surface area (Å²) in [5.74, 6) is -0.329. The quantitative estimate of drug-likeness (QED) is 0.706. The summed E-state index contributed by atoms with van der Waals surface area (Å²) >= 11 is 0. The number of halogens is 5. The van der Waals surface area contributed by atoms with Crippen molar-refractivity contribution in [1.82, 2.24) is 0 Å². The van der Waals surface area contributed by atoms with Gasteiger partial charge in [-0.2, -0.15) is 18.4 Å². The van der Waals surface area contributed by atoms with Gasteiger partial charge >= 0.3 is 6.18 Å². The van der Waals surface area contributed by atoms with Crippen molar-refractivity contribution in [1.29, 1.82) is 5.26 Å². The van der Waals surface area contributed by atoms with Crippen LogP contribution >= 0.6 is 0 Å². The Hall–Kier alpha value is -2.82. The van der Waals surface area contributed by atoms with Gasteiger partial charge in [-0.15, -0.1) is 0 Å². The van der Waals surface area contributed by atoms with E-state index in [2.05, 4.69) is 0 Å². The van der Waals surface area contributed by atoms with E-state index in [4.69, 9.17) is 14.7 Å². The Balaban J connectivity index is 2.46. The van der Waals surface area contributed by atoms with Gasteiger partial charge in [-0.1, -0.05) is 0 Å². The van der Waals surface area contributed by atoms with E-state index in [0.717, 1.165) is 6.07 Å². The highest BCUT2D eigenvalue weighted by molar-refractivity contribution is 5.49. The van der Waals surface area contributed by atoms with Crippen LogP contribution in [0.3, 0.4) is 0 Å². The fourth-order valence-electron chi connectivity index (χ4n) is 1.92. The molecule has 0 bridgehead atoms. The number of rotatable bonds is 4. The second-order valence-corrected chi connectivity index (χ2v) is 4.67. The molecular weight excluding hydrogens is 333 g/mol. The largest absolute Gasteiger partial charge is 0.493 e. The lowest BCUT2D eigenvalue weighted by atomic mass is 10.1. The van der Waals surface area contributed by atoms with E-state index in [1.165, 1.54) is 25.3 Å². The second kappa shape index (κ2) is 6.74. The third kappa shape index (κ3) is 3.93. The zero-order valence-electron chi connectivity index (χ0n) is 12.2. The molecule has 0 aliphatic heterocycles. The summed E-state index contributed by atoms with van der Waals surface area (Å²) in [7, 11) is 1.28. The van der Waals surface area contributed by atoms with E-state index in [1.807, 2.05) is 6.07 Å². The fourth-order valence-corrected chi connectivity index (χ4v) is 1.92. The van der Waals surface area contributed by atoms with Crippen molar-refractivity contribution < 1.29 is 31.4 Å². The molecule has 24 heavy (non-hydrogen) atoms. The molecule has 0 N–H and O–H groups in total. The minimum absolute atomic E-state index is 0.00367. The molecule has 0 unspecified atom stereocenters. The van der Waals surface area contributed by atoms with Gasteiger partial charge < -0.3 is 9.47 Å². The number of benzene rings is 2. The van der Waals surface area contributed by atoms with Crippen LogP contribution in [-0.2, 0) is 6.18 Å². The number of alkyl halides is 5. The molecule has 0 heterocycles. The molecule has 2 aromatic rings. The first-order valence-corrected chi connectivity index (χ1v) is 6.51. The van der Waals surface area contributed by atoms with Crippen molar-refractivity contribution in [3.05, 3.63) is 53.1 Å². The molecule has 0 amide bonds. The lowest BCUT2D eigenvalue weighted by Gasteiger charge is -2.14. The molecule has 3 nitrogen and oxygen atoms in total. The van der Waals surface area contributed by atoms with E-state index in [1.54, 1.807) is 0 Å². The Morgan fingerprint density at radius 3 is 2.29 bits per heavy atom. The van der Waals surface area contributed by atoms with Crippen LogP contribution in [0.4, 0.5) is 22.0 Å². The van der Waals surface area contributed by atoms with Crippen molar-refractivity contribution in [3.63, 3.8) is 0 Å². The van der Waals surface area contributed by atoms with Crippen molar-refractivity contribution in [2.45, 2.75) is 12.6 Å². The number of hydrogen-bond donors (Lipinski definition) is 0. The van der Waals surface area contributed by atoms with Gasteiger partial charge in [0.15, 0.2) is 11.5 Å². The van der Waals surface area contributed by atoms with E-state index in [-0.39, 0.29) is 17.1 Å².